The van der Waals surface area contributed by atoms with Crippen LogP contribution in [0, 0.1) is 5.82 Å². The molecule has 0 aromatic heterocycles. The van der Waals surface area contributed by atoms with Gasteiger partial charge >= 0.3 is 6.18 Å². The van der Waals surface area contributed by atoms with Crippen molar-refractivity contribution < 1.29 is 27.2 Å². The van der Waals surface area contributed by atoms with Crippen LogP contribution in [-0.2, 0) is 9.59 Å². The van der Waals surface area contributed by atoms with E-state index in [0.29, 0.717) is 0 Å². The molecule has 2 aliphatic heterocycles. The summed E-state index contributed by atoms with van der Waals surface area (Å²) in [5.41, 5.74) is 9.88. The van der Waals surface area contributed by atoms with Crippen LogP contribution >= 0.6 is 0 Å². The van der Waals surface area contributed by atoms with Gasteiger partial charge in [0.05, 0.1) is 0 Å². The molecular formula is C16H13F4N5O2. The lowest BCUT2D eigenvalue weighted by Gasteiger charge is -2.45. The van der Waals surface area contributed by atoms with E-state index in [4.69, 9.17) is 11.5 Å². The molecule has 2 aliphatic rings. The normalized spacial score (nSPS) is 22.4. The van der Waals surface area contributed by atoms with Crippen molar-refractivity contribution in [1.29, 1.82) is 0 Å². The molecule has 0 fully saturated rings. The number of hydrogen-bond acceptors (Lipinski definition) is 5. The van der Waals surface area contributed by atoms with Gasteiger partial charge < -0.3 is 16.9 Å². The molecular weight excluding hydrogens is 370 g/mol. The smallest absolute Gasteiger partial charge is 0.367 e. The van der Waals surface area contributed by atoms with Gasteiger partial charge in [0.1, 0.15) is 17.3 Å². The maximum absolute atomic E-state index is 14.1. The Labute approximate surface area is 150 Å². The van der Waals surface area contributed by atoms with Gasteiger partial charge in [-0.2, -0.15) is 13.2 Å². The summed E-state index contributed by atoms with van der Waals surface area (Å²) in [6.45, 7) is 0. The topological polar surface area (TPSA) is 114 Å². The molecule has 2 unspecified atom stereocenters. The Morgan fingerprint density at radius 1 is 1.19 bits per heavy atom. The van der Waals surface area contributed by atoms with Crippen LogP contribution in [0.25, 0.3) is 0 Å². The molecule has 0 aliphatic carbocycles. The van der Waals surface area contributed by atoms with Crippen molar-refractivity contribution in [2.45, 2.75) is 17.6 Å². The summed E-state index contributed by atoms with van der Waals surface area (Å²) in [5.74, 6) is -5.82. The number of nitrogens with two attached hydrogens (primary N) is 2. The lowest BCUT2D eigenvalue weighted by Crippen LogP contribution is -2.67. The molecule has 0 bridgehead atoms. The number of halogens is 4. The number of hydrogen-bond donors (Lipinski definition) is 3. The van der Waals surface area contributed by atoms with E-state index in [2.05, 4.69) is 10.4 Å². The Hall–Kier alpha value is -3.37. The highest BCUT2D eigenvalue weighted by molar-refractivity contribution is 6.22. The van der Waals surface area contributed by atoms with Crippen LogP contribution < -0.4 is 16.9 Å². The number of aliphatic imine (C=N–C) groups is 1. The molecule has 27 heavy (non-hydrogen) atoms. The average Bonchev–Trinajstić information content (AvgIpc) is 3.01. The zero-order valence-corrected chi connectivity index (χ0v) is 13.5. The molecule has 2 atom stereocenters. The fraction of sp³-hybridized carbons (Fsp3) is 0.188. The van der Waals surface area contributed by atoms with Gasteiger partial charge in [-0.15, -0.1) is 0 Å². The zero-order valence-electron chi connectivity index (χ0n) is 13.5. The van der Waals surface area contributed by atoms with Gasteiger partial charge in [-0.25, -0.2) is 14.4 Å². The van der Waals surface area contributed by atoms with E-state index in [0.717, 1.165) is 47.8 Å². The first-order valence-corrected chi connectivity index (χ1v) is 7.53. The van der Waals surface area contributed by atoms with Gasteiger partial charge in [-0.1, -0.05) is 12.1 Å². The van der Waals surface area contributed by atoms with Crippen LogP contribution in [0.5, 0.6) is 0 Å². The van der Waals surface area contributed by atoms with Crippen molar-refractivity contribution >= 4 is 17.6 Å². The van der Waals surface area contributed by atoms with Gasteiger partial charge in [0.15, 0.2) is 11.4 Å². The number of nitrogens with one attached hydrogen (secondary N) is 1. The van der Waals surface area contributed by atoms with Crippen LogP contribution in [0.4, 0.5) is 17.6 Å². The molecule has 0 saturated heterocycles. The SMILES string of the molecule is NC(=O)C1=CNN2C1=NC=CC2(C(N)=O)C(c1ccc(F)cc1)C(F)(F)F. The third-order valence-electron chi connectivity index (χ3n) is 4.32. The van der Waals surface area contributed by atoms with E-state index >= 15 is 0 Å². The summed E-state index contributed by atoms with van der Waals surface area (Å²) in [6, 6.07) is 3.51. The first-order valence-electron chi connectivity index (χ1n) is 7.53. The third-order valence-corrected chi connectivity index (χ3v) is 4.32. The minimum absolute atomic E-state index is 0.218. The molecule has 1 aromatic rings. The molecule has 5 N–H and O–H groups in total. The fourth-order valence-electron chi connectivity index (χ4n) is 3.17. The quantitative estimate of drug-likeness (QED) is 0.668. The highest BCUT2D eigenvalue weighted by Crippen LogP contribution is 2.47. The lowest BCUT2D eigenvalue weighted by molar-refractivity contribution is -0.178. The molecule has 11 heteroatoms. The first-order chi connectivity index (χ1) is 12.6. The van der Waals surface area contributed by atoms with Gasteiger partial charge in [-0.3, -0.25) is 9.59 Å². The highest BCUT2D eigenvalue weighted by atomic mass is 19.4. The van der Waals surface area contributed by atoms with E-state index in [9.17, 15) is 27.2 Å². The number of amidine groups is 1. The maximum Gasteiger partial charge on any atom is 0.398 e. The van der Waals surface area contributed by atoms with Gasteiger partial charge in [0.25, 0.3) is 5.91 Å². The zero-order chi connectivity index (χ0) is 20.0. The fourth-order valence-corrected chi connectivity index (χ4v) is 3.17. The van der Waals surface area contributed by atoms with Crippen LogP contribution in [0.15, 0.2) is 53.3 Å². The summed E-state index contributed by atoms with van der Waals surface area (Å²) < 4.78 is 55.4. The minimum Gasteiger partial charge on any atom is -0.367 e. The van der Waals surface area contributed by atoms with Crippen molar-refractivity contribution in [3.8, 4) is 0 Å². The van der Waals surface area contributed by atoms with Crippen LogP contribution in [0.3, 0.4) is 0 Å². The van der Waals surface area contributed by atoms with Crippen molar-refractivity contribution in [3.63, 3.8) is 0 Å². The second kappa shape index (κ2) is 6.11. The molecule has 7 nitrogen and oxygen atoms in total. The van der Waals surface area contributed by atoms with Crippen molar-refractivity contribution in [3.05, 3.63) is 59.7 Å². The molecule has 142 valence electrons. The summed E-state index contributed by atoms with van der Waals surface area (Å²) in [4.78, 5) is 27.7. The molecule has 2 amide bonds. The van der Waals surface area contributed by atoms with E-state index in [1.165, 1.54) is 0 Å². The Kier molecular flexibility index (Phi) is 4.17. The first kappa shape index (κ1) is 18.4. The monoisotopic (exact) mass is 383 g/mol. The van der Waals surface area contributed by atoms with E-state index in [1.807, 2.05) is 0 Å². The largest absolute Gasteiger partial charge is 0.398 e. The number of nitrogens with zero attached hydrogens (tertiary/aromatic N) is 2. The third kappa shape index (κ3) is 2.80. The minimum atomic E-state index is -4.96. The molecule has 0 radical (unpaired) electrons. The molecule has 0 saturated carbocycles. The number of carbonyl (C=O) groups is 2. The standard InChI is InChI=1S/C16H13F4N5O2/c17-9-3-1-8(2-4-9)11(16(18,19)20)15(14(22)27)5-6-23-13-10(12(21)26)7-24-25(13)15/h1-7,11,24H,(H2,21,26)(H2,22,27). The lowest BCUT2D eigenvalue weighted by atomic mass is 9.76. The summed E-state index contributed by atoms with van der Waals surface area (Å²) in [6.07, 6.45) is -2.10. The van der Waals surface area contributed by atoms with Gasteiger partial charge in [0, 0.05) is 12.4 Å². The highest BCUT2D eigenvalue weighted by Gasteiger charge is 2.62. The predicted octanol–water partition coefficient (Wildman–Crippen LogP) is 0.811. The number of primary amides is 2. The molecule has 1 aromatic carbocycles. The second-order valence-electron chi connectivity index (χ2n) is 5.87. The Balaban J connectivity index is 2.20. The van der Waals surface area contributed by atoms with E-state index in [-0.39, 0.29) is 11.4 Å². The number of benzene rings is 1. The second-order valence-corrected chi connectivity index (χ2v) is 5.87. The number of amides is 2. The molecule has 0 spiro atoms. The Bertz CT molecular complexity index is 891. The van der Waals surface area contributed by atoms with Crippen molar-refractivity contribution in [1.82, 2.24) is 10.4 Å². The number of fused-ring (bicyclic) bond motifs is 1. The Morgan fingerprint density at radius 2 is 1.81 bits per heavy atom. The van der Waals surface area contributed by atoms with Gasteiger partial charge in [0.2, 0.25) is 5.91 Å². The van der Waals surface area contributed by atoms with Gasteiger partial charge in [-0.05, 0) is 23.8 Å². The van der Waals surface area contributed by atoms with Crippen molar-refractivity contribution in [2.75, 3.05) is 0 Å². The van der Waals surface area contributed by atoms with E-state index < -0.39 is 40.8 Å². The van der Waals surface area contributed by atoms with Crippen LogP contribution in [0.2, 0.25) is 0 Å². The average molecular weight is 383 g/mol. The van der Waals surface area contributed by atoms with Crippen molar-refractivity contribution in [2.24, 2.45) is 16.5 Å². The summed E-state index contributed by atoms with van der Waals surface area (Å²) in [5, 5.41) is 0.747. The molecule has 3 rings (SSSR count). The Morgan fingerprint density at radius 3 is 2.33 bits per heavy atom. The summed E-state index contributed by atoms with van der Waals surface area (Å²) in [7, 11) is 0. The van der Waals surface area contributed by atoms with Crippen LogP contribution in [0.1, 0.15) is 11.5 Å². The number of rotatable bonds is 4. The van der Waals surface area contributed by atoms with E-state index in [1.54, 1.807) is 0 Å². The number of hydrazine groups is 1. The number of alkyl halides is 3. The van der Waals surface area contributed by atoms with Crippen LogP contribution in [-0.4, -0.2) is 34.4 Å². The maximum atomic E-state index is 14.1. The predicted molar refractivity (Wildman–Crippen MR) is 85.9 cm³/mol. The molecule has 2 heterocycles. The summed E-state index contributed by atoms with van der Waals surface area (Å²) >= 11 is 0. The number of carbonyl (C=O) groups excluding carboxylic acids is 2.